The van der Waals surface area contributed by atoms with E-state index in [2.05, 4.69) is 0 Å². The van der Waals surface area contributed by atoms with Gasteiger partial charge < -0.3 is 14.7 Å². The van der Waals surface area contributed by atoms with Gasteiger partial charge in [0.25, 0.3) is 10.0 Å². The summed E-state index contributed by atoms with van der Waals surface area (Å²) in [5.41, 5.74) is -1.28. The van der Waals surface area contributed by atoms with E-state index >= 15 is 0 Å². The Bertz CT molecular complexity index is 1300. The van der Waals surface area contributed by atoms with Crippen LogP contribution in [0.2, 0.25) is 5.02 Å². The summed E-state index contributed by atoms with van der Waals surface area (Å²) in [6.07, 6.45) is -2.57. The molecule has 0 aliphatic carbocycles. The van der Waals surface area contributed by atoms with Gasteiger partial charge in [0, 0.05) is 32.1 Å². The number of hydrogen-bond acceptors (Lipinski definition) is 5. The highest BCUT2D eigenvalue weighted by Gasteiger charge is 2.34. The van der Waals surface area contributed by atoms with Crippen LogP contribution in [-0.4, -0.2) is 56.5 Å². The number of nitrogens with one attached hydrogen (secondary N) is 1. The van der Waals surface area contributed by atoms with Gasteiger partial charge in [-0.05, 0) is 62.8 Å². The first kappa shape index (κ1) is 31.5. The van der Waals surface area contributed by atoms with Crippen LogP contribution >= 0.6 is 11.6 Å². The summed E-state index contributed by atoms with van der Waals surface area (Å²) in [5, 5.41) is 16.6. The van der Waals surface area contributed by atoms with Gasteiger partial charge in [-0.25, -0.2) is 8.42 Å². The van der Waals surface area contributed by atoms with Crippen molar-refractivity contribution in [3.63, 3.8) is 0 Å². The summed E-state index contributed by atoms with van der Waals surface area (Å²) < 4.78 is 75.8. The van der Waals surface area contributed by atoms with E-state index in [-0.39, 0.29) is 53.3 Å². The highest BCUT2D eigenvalue weighted by atomic mass is 35.5. The van der Waals surface area contributed by atoms with Crippen LogP contribution < -0.4 is 9.04 Å². The van der Waals surface area contributed by atoms with Crippen molar-refractivity contribution in [2.45, 2.75) is 56.5 Å². The summed E-state index contributed by atoms with van der Waals surface area (Å²) >= 11 is 6.17. The molecule has 2 aromatic carbocycles. The van der Waals surface area contributed by atoms with Gasteiger partial charge in [-0.2, -0.15) is 13.2 Å². The number of unbranched alkanes of at least 4 members (excludes halogenated alkanes) is 2. The van der Waals surface area contributed by atoms with Crippen molar-refractivity contribution in [1.29, 1.82) is 5.41 Å². The molecule has 0 radical (unpaired) electrons. The Labute approximate surface area is 237 Å². The minimum absolute atomic E-state index is 0.0748. The summed E-state index contributed by atoms with van der Waals surface area (Å²) in [6, 6.07) is 8.57. The Morgan fingerprint density at radius 3 is 2.42 bits per heavy atom. The van der Waals surface area contributed by atoms with E-state index in [4.69, 9.17) is 26.9 Å². The van der Waals surface area contributed by atoms with E-state index in [1.165, 1.54) is 24.3 Å². The number of rotatable bonds is 12. The normalized spacial score (nSPS) is 14.7. The van der Waals surface area contributed by atoms with E-state index in [0.717, 1.165) is 16.4 Å². The van der Waals surface area contributed by atoms with Gasteiger partial charge in [0.15, 0.2) is 0 Å². The number of ether oxygens (including phenoxy) is 1. The van der Waals surface area contributed by atoms with E-state index in [1.54, 1.807) is 13.0 Å². The van der Waals surface area contributed by atoms with E-state index < -0.39 is 27.7 Å². The predicted octanol–water partition coefficient (Wildman–Crippen LogP) is 6.29. The average molecular weight is 604 g/mol. The highest BCUT2D eigenvalue weighted by molar-refractivity contribution is 7.93. The molecule has 0 unspecified atom stereocenters. The Morgan fingerprint density at radius 1 is 1.15 bits per heavy atom. The van der Waals surface area contributed by atoms with Crippen LogP contribution in [0.3, 0.4) is 0 Å². The van der Waals surface area contributed by atoms with Crippen molar-refractivity contribution in [2.75, 3.05) is 30.5 Å². The first-order chi connectivity index (χ1) is 18.8. The quantitative estimate of drug-likeness (QED) is 0.168. The number of piperidine rings is 1. The minimum Gasteiger partial charge on any atom is -0.493 e. The molecule has 220 valence electrons. The van der Waals surface area contributed by atoms with Crippen molar-refractivity contribution >= 4 is 39.1 Å². The lowest BCUT2D eigenvalue weighted by Crippen LogP contribution is -2.38. The van der Waals surface area contributed by atoms with Crippen LogP contribution in [0.25, 0.3) is 0 Å². The maximum atomic E-state index is 13.9. The fourth-order valence-electron chi connectivity index (χ4n) is 4.49. The third kappa shape index (κ3) is 8.50. The van der Waals surface area contributed by atoms with Crippen molar-refractivity contribution in [3.8, 4) is 5.75 Å². The van der Waals surface area contributed by atoms with Crippen molar-refractivity contribution in [1.82, 2.24) is 4.90 Å². The zero-order chi connectivity index (χ0) is 29.5. The molecule has 1 heterocycles. The van der Waals surface area contributed by atoms with Gasteiger partial charge >= 0.3 is 12.1 Å². The number of carbonyl (C=O) groups is 1. The second-order valence-electron chi connectivity index (χ2n) is 9.75. The van der Waals surface area contributed by atoms with E-state index in [9.17, 15) is 26.4 Å². The van der Waals surface area contributed by atoms with Gasteiger partial charge in [-0.1, -0.05) is 30.2 Å². The third-order valence-electron chi connectivity index (χ3n) is 6.74. The van der Waals surface area contributed by atoms with E-state index in [1.807, 2.05) is 4.90 Å². The summed E-state index contributed by atoms with van der Waals surface area (Å²) in [4.78, 5) is 12.5. The largest absolute Gasteiger partial charge is 0.493 e. The molecule has 0 amide bonds. The third-order valence-corrected chi connectivity index (χ3v) is 9.06. The molecule has 1 aliphatic heterocycles. The molecule has 40 heavy (non-hydrogen) atoms. The monoisotopic (exact) mass is 603 g/mol. The lowest BCUT2D eigenvalue weighted by Gasteiger charge is -2.32. The SMILES string of the molecule is CC(=N)N1CCC(COc2cc(N(CCCCCC(=O)O)S(=O)(=O)c3ccccc3Cl)cc(C(F)(F)F)c2)CC1. The molecular formula is C27H33ClF3N3O5S. The Hall–Kier alpha value is -2.99. The Morgan fingerprint density at radius 2 is 1.82 bits per heavy atom. The number of likely N-dealkylation sites (tertiary alicyclic amines) is 1. The lowest BCUT2D eigenvalue weighted by molar-refractivity contribution is -0.138. The topological polar surface area (TPSA) is 111 Å². The number of benzene rings is 2. The number of carboxylic acids is 1. The van der Waals surface area contributed by atoms with Gasteiger partial charge in [0.2, 0.25) is 0 Å². The maximum Gasteiger partial charge on any atom is 0.416 e. The number of sulfonamides is 1. The molecule has 1 saturated heterocycles. The highest BCUT2D eigenvalue weighted by Crippen LogP contribution is 2.38. The number of amidine groups is 1. The molecule has 0 bridgehead atoms. The molecule has 0 aromatic heterocycles. The molecule has 2 N–H and O–H groups in total. The summed E-state index contributed by atoms with van der Waals surface area (Å²) in [6.45, 7) is 2.98. The molecule has 2 aromatic rings. The number of carboxylic acid groups (broad SMARTS) is 1. The molecule has 0 spiro atoms. The van der Waals surface area contributed by atoms with Gasteiger partial charge in [0.1, 0.15) is 10.6 Å². The van der Waals surface area contributed by atoms with E-state index in [0.29, 0.717) is 44.6 Å². The minimum atomic E-state index is -4.76. The molecule has 1 fully saturated rings. The summed E-state index contributed by atoms with van der Waals surface area (Å²) in [5.74, 6) is -0.560. The second kappa shape index (κ2) is 13.6. The van der Waals surface area contributed by atoms with Crippen LogP contribution in [0.4, 0.5) is 18.9 Å². The second-order valence-corrected chi connectivity index (χ2v) is 12.0. The van der Waals surface area contributed by atoms with Crippen LogP contribution in [0.1, 0.15) is 51.0 Å². The molecule has 8 nitrogen and oxygen atoms in total. The van der Waals surface area contributed by atoms with Crippen LogP contribution in [0.15, 0.2) is 47.4 Å². The Kier molecular flexibility index (Phi) is 10.7. The summed E-state index contributed by atoms with van der Waals surface area (Å²) in [7, 11) is -4.38. The smallest absolute Gasteiger partial charge is 0.416 e. The van der Waals surface area contributed by atoms with Crippen molar-refractivity contribution in [2.24, 2.45) is 5.92 Å². The average Bonchev–Trinajstić information content (AvgIpc) is 2.89. The zero-order valence-corrected chi connectivity index (χ0v) is 23.7. The Balaban J connectivity index is 1.92. The van der Waals surface area contributed by atoms with Crippen LogP contribution in [0, 0.1) is 11.3 Å². The van der Waals surface area contributed by atoms with Crippen LogP contribution in [-0.2, 0) is 21.0 Å². The number of nitrogens with zero attached hydrogens (tertiary/aromatic N) is 2. The first-order valence-electron chi connectivity index (χ1n) is 12.9. The maximum absolute atomic E-state index is 13.9. The van der Waals surface area contributed by atoms with Crippen LogP contribution in [0.5, 0.6) is 5.75 Å². The fraction of sp³-hybridized carbons (Fsp3) is 0.481. The molecular weight excluding hydrogens is 571 g/mol. The van der Waals surface area contributed by atoms with Gasteiger partial charge in [-0.3, -0.25) is 14.5 Å². The predicted molar refractivity (Wildman–Crippen MR) is 147 cm³/mol. The zero-order valence-electron chi connectivity index (χ0n) is 22.1. The standard InChI is InChI=1S/C27H33ClF3N3O5S/c1-19(32)33-13-10-20(11-14-33)18-39-23-16-21(27(29,30)31)15-22(17-23)34(12-6-2-3-9-26(35)36)40(37,38)25-8-5-4-7-24(25)28/h4-5,7-8,15-17,20,32H,2-3,6,9-14,18H2,1H3,(H,35,36). The van der Waals surface area contributed by atoms with Gasteiger partial charge in [-0.15, -0.1) is 0 Å². The number of anilines is 1. The van der Waals surface area contributed by atoms with Gasteiger partial charge in [0.05, 0.1) is 28.7 Å². The van der Waals surface area contributed by atoms with Crippen molar-refractivity contribution < 1.29 is 36.2 Å². The molecule has 3 rings (SSSR count). The first-order valence-corrected chi connectivity index (χ1v) is 14.7. The molecule has 0 atom stereocenters. The number of alkyl halides is 3. The molecule has 0 saturated carbocycles. The molecule has 13 heteroatoms. The fourth-order valence-corrected chi connectivity index (χ4v) is 6.48. The van der Waals surface area contributed by atoms with Crippen molar-refractivity contribution in [3.05, 3.63) is 53.1 Å². The molecule has 1 aliphatic rings. The lowest BCUT2D eigenvalue weighted by atomic mass is 9.98. The number of aliphatic carboxylic acids is 1. The number of hydrogen-bond donors (Lipinski definition) is 2. The number of halogens is 4.